The van der Waals surface area contributed by atoms with Gasteiger partial charge in [0.2, 0.25) is 5.91 Å². The minimum atomic E-state index is -0.175. The molecule has 0 spiro atoms. The van der Waals surface area contributed by atoms with E-state index in [4.69, 9.17) is 24.0 Å². The van der Waals surface area contributed by atoms with E-state index in [1.165, 1.54) is 0 Å². The Morgan fingerprint density at radius 1 is 0.939 bits per heavy atom. The first kappa shape index (κ1) is 22.7. The van der Waals surface area contributed by atoms with Crippen LogP contribution in [0.25, 0.3) is 6.08 Å². The van der Waals surface area contributed by atoms with Crippen LogP contribution in [0.5, 0.6) is 23.0 Å². The lowest BCUT2D eigenvalue weighted by molar-refractivity contribution is -0.131. The zero-order valence-electron chi connectivity index (χ0n) is 19.8. The number of hydrazone groups is 1. The Hall–Kier alpha value is -3.48. The molecule has 1 saturated carbocycles. The van der Waals surface area contributed by atoms with Crippen LogP contribution < -0.4 is 18.9 Å². The van der Waals surface area contributed by atoms with Crippen LogP contribution in [0.1, 0.15) is 43.4 Å². The lowest BCUT2D eigenvalue weighted by atomic mass is 9.77. The van der Waals surface area contributed by atoms with Gasteiger partial charge < -0.3 is 18.9 Å². The molecule has 0 N–H and O–H groups in total. The average molecular weight is 451 g/mol. The normalized spacial score (nSPS) is 20.8. The van der Waals surface area contributed by atoms with E-state index in [-0.39, 0.29) is 17.9 Å². The molecule has 2 aromatic rings. The van der Waals surface area contributed by atoms with E-state index >= 15 is 0 Å². The molecule has 0 saturated heterocycles. The van der Waals surface area contributed by atoms with Gasteiger partial charge in [-0.25, -0.2) is 5.01 Å². The molecular formula is C26H30N2O5. The number of rotatable bonds is 6. The van der Waals surface area contributed by atoms with E-state index < -0.39 is 0 Å². The quantitative estimate of drug-likeness (QED) is 0.628. The van der Waals surface area contributed by atoms with Crippen molar-refractivity contribution in [3.8, 4) is 23.0 Å². The molecule has 2 atom stereocenters. The van der Waals surface area contributed by atoms with Gasteiger partial charge in [0.15, 0.2) is 23.0 Å². The molecular weight excluding hydrogens is 420 g/mol. The number of benzene rings is 2. The van der Waals surface area contributed by atoms with Crippen LogP contribution in [-0.2, 0) is 4.79 Å². The largest absolute Gasteiger partial charge is 0.493 e. The molecule has 0 radical (unpaired) electrons. The topological polar surface area (TPSA) is 69.6 Å². The van der Waals surface area contributed by atoms with Crippen molar-refractivity contribution in [3.05, 3.63) is 53.1 Å². The molecule has 1 fully saturated rings. The van der Waals surface area contributed by atoms with Gasteiger partial charge in [0.1, 0.15) is 0 Å². The van der Waals surface area contributed by atoms with Crippen LogP contribution in [0.15, 0.2) is 47.1 Å². The number of hydrogen-bond donors (Lipinski definition) is 0. The fraction of sp³-hybridized carbons (Fsp3) is 0.385. The van der Waals surface area contributed by atoms with Gasteiger partial charge in [-0.05, 0) is 66.3 Å². The summed E-state index contributed by atoms with van der Waals surface area (Å²) in [4.78, 5) is 12.6. The van der Waals surface area contributed by atoms with E-state index in [1.807, 2.05) is 36.4 Å². The smallest absolute Gasteiger partial charge is 0.240 e. The molecule has 2 aliphatic rings. The molecule has 1 amide bonds. The van der Waals surface area contributed by atoms with Crippen molar-refractivity contribution in [2.75, 3.05) is 28.4 Å². The molecule has 7 nitrogen and oxygen atoms in total. The summed E-state index contributed by atoms with van der Waals surface area (Å²) < 4.78 is 21.7. The minimum Gasteiger partial charge on any atom is -0.493 e. The number of nitrogens with zero attached hydrogens (tertiary/aromatic N) is 2. The fourth-order valence-corrected chi connectivity index (χ4v) is 4.78. The van der Waals surface area contributed by atoms with Crippen LogP contribution in [0.4, 0.5) is 0 Å². The maximum Gasteiger partial charge on any atom is 0.240 e. The summed E-state index contributed by atoms with van der Waals surface area (Å²) in [5, 5.41) is 6.44. The summed E-state index contributed by atoms with van der Waals surface area (Å²) in [5.41, 5.74) is 4.12. The second-order valence-corrected chi connectivity index (χ2v) is 8.19. The fourth-order valence-electron chi connectivity index (χ4n) is 4.78. The van der Waals surface area contributed by atoms with Gasteiger partial charge in [0.25, 0.3) is 0 Å². The van der Waals surface area contributed by atoms with E-state index in [0.717, 1.165) is 41.7 Å². The lowest BCUT2D eigenvalue weighted by Gasteiger charge is -2.29. The summed E-state index contributed by atoms with van der Waals surface area (Å²) in [6.07, 6.45) is 5.04. The van der Waals surface area contributed by atoms with E-state index in [1.54, 1.807) is 40.4 Å². The van der Waals surface area contributed by atoms with Crippen LogP contribution in [-0.4, -0.2) is 45.1 Å². The maximum absolute atomic E-state index is 12.6. The van der Waals surface area contributed by atoms with E-state index in [0.29, 0.717) is 23.0 Å². The summed E-state index contributed by atoms with van der Waals surface area (Å²) in [6.45, 7) is 1.56. The first-order valence-corrected chi connectivity index (χ1v) is 11.0. The second kappa shape index (κ2) is 9.57. The number of hydrogen-bond acceptors (Lipinski definition) is 6. The second-order valence-electron chi connectivity index (χ2n) is 8.19. The highest BCUT2D eigenvalue weighted by Crippen LogP contribution is 2.46. The van der Waals surface area contributed by atoms with Crippen molar-refractivity contribution >= 4 is 17.7 Å². The zero-order chi connectivity index (χ0) is 23.5. The summed E-state index contributed by atoms with van der Waals surface area (Å²) in [5.74, 6) is 2.71. The van der Waals surface area contributed by atoms with Gasteiger partial charge in [0.05, 0.1) is 40.2 Å². The Morgan fingerprint density at radius 2 is 1.58 bits per heavy atom. The molecule has 7 heteroatoms. The number of fused-ring (bicyclic) bond motifs is 1. The van der Waals surface area contributed by atoms with Crippen LogP contribution in [0.2, 0.25) is 0 Å². The Labute approximate surface area is 194 Å². The molecule has 33 heavy (non-hydrogen) atoms. The SMILES string of the molecule is COc1ccc(/C=C2/CCC[C@H]3C2=NN(C(C)=O)[C@H]3c2ccc(OC)c(OC)c2)cc1OC. The lowest BCUT2D eigenvalue weighted by Crippen LogP contribution is -2.30. The molecule has 0 aromatic heterocycles. The standard InChI is InChI=1S/C26H30N2O5/c1-16(29)28-26(19-10-12-22(31-3)24(15-19)33-5)20-8-6-7-18(25(20)27-28)13-17-9-11-21(30-2)23(14-17)32-4/h9-15,20,26H,6-8H2,1-5H3/b18-13-/t20-,26-/m0/s1. The summed E-state index contributed by atoms with van der Waals surface area (Å²) >= 11 is 0. The molecule has 4 rings (SSSR count). The van der Waals surface area contributed by atoms with E-state index in [2.05, 4.69) is 6.08 Å². The molecule has 1 aliphatic carbocycles. The molecule has 0 bridgehead atoms. The monoisotopic (exact) mass is 450 g/mol. The third-order valence-corrected chi connectivity index (χ3v) is 6.32. The van der Waals surface area contributed by atoms with Crippen LogP contribution in [0, 0.1) is 5.92 Å². The third kappa shape index (κ3) is 4.27. The van der Waals surface area contributed by atoms with Crippen molar-refractivity contribution in [1.82, 2.24) is 5.01 Å². The minimum absolute atomic E-state index is 0.0813. The van der Waals surface area contributed by atoms with Crippen molar-refractivity contribution in [2.24, 2.45) is 11.0 Å². The third-order valence-electron chi connectivity index (χ3n) is 6.32. The number of methoxy groups -OCH3 is 4. The van der Waals surface area contributed by atoms with Gasteiger partial charge in [-0.1, -0.05) is 12.1 Å². The number of carbonyl (C=O) groups is 1. The molecule has 174 valence electrons. The van der Waals surface area contributed by atoms with Gasteiger partial charge >= 0.3 is 0 Å². The molecule has 2 aromatic carbocycles. The number of allylic oxidation sites excluding steroid dienone is 1. The first-order valence-electron chi connectivity index (χ1n) is 11.0. The predicted octanol–water partition coefficient (Wildman–Crippen LogP) is 4.86. The molecule has 1 aliphatic heterocycles. The van der Waals surface area contributed by atoms with Gasteiger partial charge in [-0.15, -0.1) is 0 Å². The Balaban J connectivity index is 1.72. The maximum atomic E-state index is 12.6. The summed E-state index contributed by atoms with van der Waals surface area (Å²) in [6, 6.07) is 11.5. The average Bonchev–Trinajstić information content (AvgIpc) is 3.24. The highest BCUT2D eigenvalue weighted by Gasteiger charge is 2.43. The number of carbonyl (C=O) groups excluding carboxylic acids is 1. The number of ether oxygens (including phenoxy) is 4. The molecule has 0 unspecified atom stereocenters. The highest BCUT2D eigenvalue weighted by atomic mass is 16.5. The predicted molar refractivity (Wildman–Crippen MR) is 127 cm³/mol. The van der Waals surface area contributed by atoms with Crippen molar-refractivity contribution in [3.63, 3.8) is 0 Å². The van der Waals surface area contributed by atoms with Crippen molar-refractivity contribution in [2.45, 2.75) is 32.2 Å². The van der Waals surface area contributed by atoms with Gasteiger partial charge in [0, 0.05) is 12.8 Å². The first-order chi connectivity index (χ1) is 16.0. The van der Waals surface area contributed by atoms with Crippen LogP contribution >= 0.6 is 0 Å². The molecule has 1 heterocycles. The van der Waals surface area contributed by atoms with Crippen molar-refractivity contribution in [1.29, 1.82) is 0 Å². The summed E-state index contributed by atoms with van der Waals surface area (Å²) in [7, 11) is 6.48. The Kier molecular flexibility index (Phi) is 6.58. The highest BCUT2D eigenvalue weighted by molar-refractivity contribution is 6.08. The van der Waals surface area contributed by atoms with E-state index in [9.17, 15) is 4.79 Å². The van der Waals surface area contributed by atoms with Crippen LogP contribution in [0.3, 0.4) is 0 Å². The van der Waals surface area contributed by atoms with Crippen molar-refractivity contribution < 1.29 is 23.7 Å². The zero-order valence-corrected chi connectivity index (χ0v) is 19.8. The van der Waals surface area contributed by atoms with Gasteiger partial charge in [-0.2, -0.15) is 5.10 Å². The van der Waals surface area contributed by atoms with Gasteiger partial charge in [-0.3, -0.25) is 4.79 Å². The number of amides is 1. The Bertz CT molecular complexity index is 1110. The Morgan fingerprint density at radius 3 is 2.21 bits per heavy atom.